The van der Waals surface area contributed by atoms with E-state index in [0.717, 1.165) is 13.0 Å². The molecule has 1 saturated carbocycles. The van der Waals surface area contributed by atoms with Crippen LogP contribution in [0.1, 0.15) is 17.5 Å². The topological polar surface area (TPSA) is 77.0 Å². The Kier molecular flexibility index (Phi) is 7.74. The first kappa shape index (κ1) is 23.7. The van der Waals surface area contributed by atoms with E-state index in [-0.39, 0.29) is 59.5 Å². The van der Waals surface area contributed by atoms with Crippen molar-refractivity contribution in [3.8, 4) is 0 Å². The van der Waals surface area contributed by atoms with Gasteiger partial charge >= 0.3 is 0 Å². The Morgan fingerprint density at radius 2 is 1.74 bits per heavy atom. The fourth-order valence-corrected chi connectivity index (χ4v) is 5.08. The van der Waals surface area contributed by atoms with Crippen molar-refractivity contribution < 1.29 is 9.59 Å². The van der Waals surface area contributed by atoms with Gasteiger partial charge < -0.3 is 15.5 Å². The van der Waals surface area contributed by atoms with Gasteiger partial charge in [0.25, 0.3) is 0 Å². The van der Waals surface area contributed by atoms with Crippen LogP contribution >= 0.6 is 24.0 Å². The number of guanidine groups is 1. The Morgan fingerprint density at radius 3 is 2.35 bits per heavy atom. The number of aliphatic imine (C=N–C) groups is 1. The van der Waals surface area contributed by atoms with Crippen LogP contribution in [0.25, 0.3) is 0 Å². The Morgan fingerprint density at radius 1 is 1.10 bits per heavy atom. The maximum atomic E-state index is 12.7. The molecule has 0 aromatic heterocycles. The summed E-state index contributed by atoms with van der Waals surface area (Å²) in [5, 5.41) is 6.53. The number of halogens is 1. The second-order valence-electron chi connectivity index (χ2n) is 8.74. The van der Waals surface area contributed by atoms with Crippen LogP contribution in [0.4, 0.5) is 0 Å². The molecule has 1 saturated heterocycles. The standard InChI is InChI=1S/C23H31N5O2.HI/c1-24-23(26-13-15-5-4-6-16(11-15)14-27(2)3)25-9-10-28-21(29)19-17-7-8-18(12-17)20(19)22(28)30;/h4-8,11,17-20H,9-10,12-14H2,1-3H3,(H2,24,25,26);1H. The number of amides is 2. The molecule has 0 spiro atoms. The highest BCUT2D eigenvalue weighted by molar-refractivity contribution is 14.0. The highest BCUT2D eigenvalue weighted by atomic mass is 127. The first-order valence-corrected chi connectivity index (χ1v) is 10.7. The van der Waals surface area contributed by atoms with E-state index in [2.05, 4.69) is 71.0 Å². The minimum Gasteiger partial charge on any atom is -0.355 e. The molecule has 4 rings (SSSR count). The lowest BCUT2D eigenvalue weighted by atomic mass is 9.85. The first-order chi connectivity index (χ1) is 14.5. The van der Waals surface area contributed by atoms with Crippen molar-refractivity contribution in [1.82, 2.24) is 20.4 Å². The monoisotopic (exact) mass is 537 g/mol. The van der Waals surface area contributed by atoms with Crippen molar-refractivity contribution in [2.75, 3.05) is 34.2 Å². The molecule has 8 heteroatoms. The van der Waals surface area contributed by atoms with E-state index in [1.165, 1.54) is 16.0 Å². The number of fused-ring (bicyclic) bond motifs is 5. The van der Waals surface area contributed by atoms with E-state index in [4.69, 9.17) is 0 Å². The zero-order valence-corrected chi connectivity index (χ0v) is 20.7. The van der Waals surface area contributed by atoms with E-state index in [1.54, 1.807) is 7.05 Å². The second kappa shape index (κ2) is 10.1. The van der Waals surface area contributed by atoms with Crippen LogP contribution in [-0.4, -0.2) is 61.8 Å². The second-order valence-corrected chi connectivity index (χ2v) is 8.74. The number of nitrogens with one attached hydrogen (secondary N) is 2. The molecule has 3 aliphatic rings. The fourth-order valence-electron chi connectivity index (χ4n) is 5.08. The summed E-state index contributed by atoms with van der Waals surface area (Å²) < 4.78 is 0. The van der Waals surface area contributed by atoms with Crippen molar-refractivity contribution in [3.05, 3.63) is 47.5 Å². The van der Waals surface area contributed by atoms with Gasteiger partial charge in [-0.05, 0) is 43.5 Å². The molecule has 2 bridgehead atoms. The zero-order valence-electron chi connectivity index (χ0n) is 18.4. The Hall–Kier alpha value is -1.94. The van der Waals surface area contributed by atoms with Crippen LogP contribution in [0.3, 0.4) is 0 Å². The molecule has 4 atom stereocenters. The van der Waals surface area contributed by atoms with Crippen molar-refractivity contribution in [2.45, 2.75) is 19.5 Å². The maximum Gasteiger partial charge on any atom is 0.233 e. The Labute approximate surface area is 201 Å². The van der Waals surface area contributed by atoms with Gasteiger partial charge in [-0.2, -0.15) is 0 Å². The molecule has 2 N–H and O–H groups in total. The predicted octanol–water partition coefficient (Wildman–Crippen LogP) is 1.84. The minimum absolute atomic E-state index is 0. The number of hydrogen-bond acceptors (Lipinski definition) is 4. The number of benzene rings is 1. The van der Waals surface area contributed by atoms with Crippen molar-refractivity contribution >= 4 is 41.8 Å². The molecular weight excluding hydrogens is 505 g/mol. The van der Waals surface area contributed by atoms with Gasteiger partial charge in [-0.3, -0.25) is 19.5 Å². The lowest BCUT2D eigenvalue weighted by molar-refractivity contribution is -0.140. The molecule has 168 valence electrons. The zero-order chi connectivity index (χ0) is 21.3. The Balaban J connectivity index is 0.00000272. The molecule has 0 radical (unpaired) electrons. The smallest absolute Gasteiger partial charge is 0.233 e. The van der Waals surface area contributed by atoms with Crippen molar-refractivity contribution in [3.63, 3.8) is 0 Å². The molecule has 2 aliphatic carbocycles. The lowest BCUT2D eigenvalue weighted by Gasteiger charge is -2.19. The molecular formula is C23H32IN5O2. The van der Waals surface area contributed by atoms with Crippen molar-refractivity contribution in [1.29, 1.82) is 0 Å². The molecule has 7 nitrogen and oxygen atoms in total. The number of rotatable bonds is 7. The molecule has 2 amide bonds. The van der Waals surface area contributed by atoms with Gasteiger partial charge in [0.15, 0.2) is 5.96 Å². The summed E-state index contributed by atoms with van der Waals surface area (Å²) >= 11 is 0. The molecule has 4 unspecified atom stereocenters. The molecule has 31 heavy (non-hydrogen) atoms. The molecule has 1 aromatic rings. The number of nitrogens with zero attached hydrogens (tertiary/aromatic N) is 3. The van der Waals surface area contributed by atoms with Gasteiger partial charge in [-0.15, -0.1) is 24.0 Å². The van der Waals surface area contributed by atoms with Gasteiger partial charge in [-0.1, -0.05) is 36.4 Å². The first-order valence-electron chi connectivity index (χ1n) is 10.7. The van der Waals surface area contributed by atoms with E-state index in [1.807, 2.05) is 0 Å². The average Bonchev–Trinajstić information content (AvgIpc) is 3.39. The number of allylic oxidation sites excluding steroid dienone is 2. The van der Waals surface area contributed by atoms with Crippen molar-refractivity contribution in [2.24, 2.45) is 28.7 Å². The molecule has 2 fully saturated rings. The number of hydrogen-bond donors (Lipinski definition) is 2. The predicted molar refractivity (Wildman–Crippen MR) is 132 cm³/mol. The minimum atomic E-state index is -0.126. The summed E-state index contributed by atoms with van der Waals surface area (Å²) in [4.78, 5) is 33.3. The van der Waals surface area contributed by atoms with Crippen LogP contribution in [0.2, 0.25) is 0 Å². The maximum absolute atomic E-state index is 12.7. The Bertz CT molecular complexity index is 854. The fraction of sp³-hybridized carbons (Fsp3) is 0.522. The van der Waals surface area contributed by atoms with Gasteiger partial charge in [0.2, 0.25) is 11.8 Å². The van der Waals surface area contributed by atoms with Gasteiger partial charge in [0.05, 0.1) is 11.8 Å². The average molecular weight is 537 g/mol. The SMILES string of the molecule is CN=C(NCCN1C(=O)C2C3C=CC(C3)C2C1=O)NCc1cccc(CN(C)C)c1.I. The van der Waals surface area contributed by atoms with Gasteiger partial charge in [0, 0.05) is 33.2 Å². The quantitative estimate of drug-likeness (QED) is 0.183. The third kappa shape index (κ3) is 4.95. The molecule has 1 heterocycles. The van der Waals surface area contributed by atoms with E-state index < -0.39 is 0 Å². The highest BCUT2D eigenvalue weighted by Gasteiger charge is 2.58. The van der Waals surface area contributed by atoms with Crippen LogP contribution in [0.5, 0.6) is 0 Å². The lowest BCUT2D eigenvalue weighted by Crippen LogP contribution is -2.43. The summed E-state index contributed by atoms with van der Waals surface area (Å²) in [6.07, 6.45) is 5.21. The third-order valence-corrected chi connectivity index (χ3v) is 6.36. The summed E-state index contributed by atoms with van der Waals surface area (Å²) in [5.41, 5.74) is 2.44. The third-order valence-electron chi connectivity index (χ3n) is 6.36. The van der Waals surface area contributed by atoms with E-state index in [0.29, 0.717) is 25.6 Å². The molecule has 1 aromatic carbocycles. The highest BCUT2D eigenvalue weighted by Crippen LogP contribution is 2.52. The van der Waals surface area contributed by atoms with Gasteiger partial charge in [-0.25, -0.2) is 0 Å². The van der Waals surface area contributed by atoms with E-state index in [9.17, 15) is 9.59 Å². The van der Waals surface area contributed by atoms with Crippen LogP contribution in [0.15, 0.2) is 41.4 Å². The summed E-state index contributed by atoms with van der Waals surface area (Å²) in [6, 6.07) is 8.46. The molecule has 1 aliphatic heterocycles. The van der Waals surface area contributed by atoms with Crippen LogP contribution in [0, 0.1) is 23.7 Å². The van der Waals surface area contributed by atoms with E-state index >= 15 is 0 Å². The number of carbonyl (C=O) groups excluding carboxylic acids is 2. The summed E-state index contributed by atoms with van der Waals surface area (Å²) in [6.45, 7) is 2.42. The van der Waals surface area contributed by atoms with Gasteiger partial charge in [0.1, 0.15) is 0 Å². The normalized spacial score (nSPS) is 26.5. The summed E-state index contributed by atoms with van der Waals surface area (Å²) in [7, 11) is 5.83. The van der Waals surface area contributed by atoms with Crippen LogP contribution in [-0.2, 0) is 22.7 Å². The summed E-state index contributed by atoms with van der Waals surface area (Å²) in [5.74, 6) is 0.931. The van der Waals surface area contributed by atoms with Crippen LogP contribution < -0.4 is 10.6 Å². The number of likely N-dealkylation sites (tertiary alicyclic amines) is 1. The number of imide groups is 1. The number of carbonyl (C=O) groups is 2. The largest absolute Gasteiger partial charge is 0.355 e.